The molecule has 20 heavy (non-hydrogen) atoms. The predicted molar refractivity (Wildman–Crippen MR) is 77.7 cm³/mol. The summed E-state index contributed by atoms with van der Waals surface area (Å²) in [4.78, 5) is 0. The maximum Gasteiger partial charge on any atom is 0.131 e. The molecule has 0 fully saturated rings. The van der Waals surface area contributed by atoms with Gasteiger partial charge in [0.1, 0.15) is 11.6 Å². The highest BCUT2D eigenvalue weighted by Gasteiger charge is 2.37. The van der Waals surface area contributed by atoms with Gasteiger partial charge in [0.15, 0.2) is 0 Å². The monoisotopic (exact) mass is 285 g/mol. The number of rotatable bonds is 8. The van der Waals surface area contributed by atoms with Crippen molar-refractivity contribution in [3.63, 3.8) is 0 Å². The molecule has 1 N–H and O–H groups in total. The zero-order valence-corrected chi connectivity index (χ0v) is 12.8. The van der Waals surface area contributed by atoms with Gasteiger partial charge >= 0.3 is 0 Å². The smallest absolute Gasteiger partial charge is 0.131 e. The molecular formula is C16H25F2NO. The van der Waals surface area contributed by atoms with Crippen molar-refractivity contribution in [2.75, 3.05) is 13.2 Å². The van der Waals surface area contributed by atoms with Crippen molar-refractivity contribution in [3.05, 3.63) is 35.4 Å². The maximum atomic E-state index is 14.1. The van der Waals surface area contributed by atoms with E-state index in [1.807, 2.05) is 27.7 Å². The molecule has 0 aromatic heterocycles. The van der Waals surface area contributed by atoms with Crippen LogP contribution in [-0.2, 0) is 4.74 Å². The van der Waals surface area contributed by atoms with Gasteiger partial charge in [-0.05, 0) is 45.4 Å². The molecule has 0 saturated heterocycles. The molecule has 114 valence electrons. The molecule has 0 bridgehead atoms. The van der Waals surface area contributed by atoms with Gasteiger partial charge in [-0.3, -0.25) is 0 Å². The van der Waals surface area contributed by atoms with Gasteiger partial charge in [0.05, 0.1) is 11.6 Å². The van der Waals surface area contributed by atoms with Gasteiger partial charge in [0.25, 0.3) is 0 Å². The first kappa shape index (κ1) is 17.1. The topological polar surface area (TPSA) is 21.3 Å². The van der Waals surface area contributed by atoms with E-state index in [9.17, 15) is 8.78 Å². The van der Waals surface area contributed by atoms with Gasteiger partial charge in [0, 0.05) is 12.2 Å². The van der Waals surface area contributed by atoms with Gasteiger partial charge in [-0.15, -0.1) is 0 Å². The lowest BCUT2D eigenvalue weighted by Gasteiger charge is -2.38. The molecule has 0 aliphatic carbocycles. The Morgan fingerprint density at radius 2 is 1.80 bits per heavy atom. The summed E-state index contributed by atoms with van der Waals surface area (Å²) >= 11 is 0. The Morgan fingerprint density at radius 1 is 1.20 bits per heavy atom. The molecule has 0 amide bonds. The van der Waals surface area contributed by atoms with Crippen LogP contribution in [0.3, 0.4) is 0 Å². The standard InChI is InChI=1S/C16H25F2NO/c1-5-11-19-15(16(4,6-2)20-7-3)14-12(17)9-8-10-13(14)18/h8-10,15,19H,5-7,11H2,1-4H3. The van der Waals surface area contributed by atoms with E-state index in [2.05, 4.69) is 5.32 Å². The zero-order chi connectivity index (χ0) is 15.2. The Bertz CT molecular complexity index is 405. The molecule has 0 spiro atoms. The summed E-state index contributed by atoms with van der Waals surface area (Å²) in [6.07, 6.45) is 1.55. The summed E-state index contributed by atoms with van der Waals surface area (Å²) in [6, 6.07) is 3.46. The van der Waals surface area contributed by atoms with Crippen molar-refractivity contribution in [3.8, 4) is 0 Å². The fourth-order valence-electron chi connectivity index (χ4n) is 2.42. The van der Waals surface area contributed by atoms with Crippen LogP contribution in [0.25, 0.3) is 0 Å². The fraction of sp³-hybridized carbons (Fsp3) is 0.625. The summed E-state index contributed by atoms with van der Waals surface area (Å²) in [5.41, 5.74) is -0.578. The molecular weight excluding hydrogens is 260 g/mol. The Kier molecular flexibility index (Phi) is 6.56. The van der Waals surface area contributed by atoms with Crippen LogP contribution < -0.4 is 5.32 Å². The number of nitrogens with one attached hydrogen (secondary N) is 1. The van der Waals surface area contributed by atoms with Crippen LogP contribution in [0.2, 0.25) is 0 Å². The number of ether oxygens (including phenoxy) is 1. The average Bonchev–Trinajstić information content (AvgIpc) is 2.42. The second kappa shape index (κ2) is 7.70. The Balaban J connectivity index is 3.23. The van der Waals surface area contributed by atoms with Gasteiger partial charge in [-0.25, -0.2) is 8.78 Å². The minimum absolute atomic E-state index is 0.0683. The highest BCUT2D eigenvalue weighted by molar-refractivity contribution is 5.26. The van der Waals surface area contributed by atoms with Crippen molar-refractivity contribution < 1.29 is 13.5 Å². The fourth-order valence-corrected chi connectivity index (χ4v) is 2.42. The van der Waals surface area contributed by atoms with Crippen molar-refractivity contribution in [1.82, 2.24) is 5.32 Å². The van der Waals surface area contributed by atoms with Crippen molar-refractivity contribution in [1.29, 1.82) is 0 Å². The van der Waals surface area contributed by atoms with E-state index in [-0.39, 0.29) is 5.56 Å². The summed E-state index contributed by atoms with van der Waals surface area (Å²) in [7, 11) is 0. The highest BCUT2D eigenvalue weighted by atomic mass is 19.1. The largest absolute Gasteiger partial charge is 0.374 e. The van der Waals surface area contributed by atoms with Gasteiger partial charge in [-0.2, -0.15) is 0 Å². The SMILES string of the molecule is CCCNC(c1c(F)cccc1F)C(C)(CC)OCC. The van der Waals surface area contributed by atoms with E-state index in [4.69, 9.17) is 4.74 Å². The third-order valence-electron chi connectivity index (χ3n) is 3.67. The first-order valence-corrected chi connectivity index (χ1v) is 7.31. The lowest BCUT2D eigenvalue weighted by Crippen LogP contribution is -2.44. The minimum Gasteiger partial charge on any atom is -0.374 e. The van der Waals surface area contributed by atoms with Crippen LogP contribution in [0.15, 0.2) is 18.2 Å². The van der Waals surface area contributed by atoms with Crippen LogP contribution in [0, 0.1) is 11.6 Å². The lowest BCUT2D eigenvalue weighted by molar-refractivity contribution is -0.0578. The molecule has 2 atom stereocenters. The van der Waals surface area contributed by atoms with E-state index in [0.717, 1.165) is 6.42 Å². The molecule has 1 rings (SSSR count). The van der Waals surface area contributed by atoms with E-state index >= 15 is 0 Å². The molecule has 1 aromatic carbocycles. The number of benzene rings is 1. The molecule has 0 radical (unpaired) electrons. The summed E-state index contributed by atoms with van der Waals surface area (Å²) in [5.74, 6) is -1.06. The molecule has 0 aliphatic heterocycles. The molecule has 0 heterocycles. The second-order valence-corrected chi connectivity index (χ2v) is 5.12. The molecule has 0 aliphatic rings. The van der Waals surface area contributed by atoms with E-state index in [1.54, 1.807) is 0 Å². The van der Waals surface area contributed by atoms with Crippen LogP contribution in [0.1, 0.15) is 52.1 Å². The molecule has 0 saturated carbocycles. The average molecular weight is 285 g/mol. The third-order valence-corrected chi connectivity index (χ3v) is 3.67. The van der Waals surface area contributed by atoms with E-state index < -0.39 is 23.3 Å². The summed E-state index contributed by atoms with van der Waals surface area (Å²) in [5, 5.41) is 3.24. The highest BCUT2D eigenvalue weighted by Crippen LogP contribution is 2.35. The first-order chi connectivity index (χ1) is 9.50. The predicted octanol–water partition coefficient (Wildman–Crippen LogP) is 4.21. The third kappa shape index (κ3) is 3.76. The summed E-state index contributed by atoms with van der Waals surface area (Å²) in [6.45, 7) is 8.96. The molecule has 2 unspecified atom stereocenters. The first-order valence-electron chi connectivity index (χ1n) is 7.31. The second-order valence-electron chi connectivity index (χ2n) is 5.12. The Hall–Kier alpha value is -1.00. The van der Waals surface area contributed by atoms with Crippen LogP contribution in [0.4, 0.5) is 8.78 Å². The minimum atomic E-state index is -0.646. The van der Waals surface area contributed by atoms with Crippen LogP contribution >= 0.6 is 0 Å². The van der Waals surface area contributed by atoms with Gasteiger partial charge in [-0.1, -0.05) is 19.9 Å². The van der Waals surface area contributed by atoms with Crippen LogP contribution in [-0.4, -0.2) is 18.8 Å². The number of hydrogen-bond acceptors (Lipinski definition) is 2. The van der Waals surface area contributed by atoms with E-state index in [0.29, 0.717) is 19.6 Å². The Labute approximate surface area is 120 Å². The zero-order valence-electron chi connectivity index (χ0n) is 12.8. The van der Waals surface area contributed by atoms with E-state index in [1.165, 1.54) is 18.2 Å². The van der Waals surface area contributed by atoms with Crippen molar-refractivity contribution >= 4 is 0 Å². The van der Waals surface area contributed by atoms with Gasteiger partial charge < -0.3 is 10.1 Å². The maximum absolute atomic E-state index is 14.1. The molecule has 4 heteroatoms. The van der Waals surface area contributed by atoms with Gasteiger partial charge in [0.2, 0.25) is 0 Å². The van der Waals surface area contributed by atoms with Crippen molar-refractivity contribution in [2.24, 2.45) is 0 Å². The van der Waals surface area contributed by atoms with Crippen molar-refractivity contribution in [2.45, 2.75) is 52.2 Å². The molecule has 1 aromatic rings. The lowest BCUT2D eigenvalue weighted by atomic mass is 9.86. The van der Waals surface area contributed by atoms with Crippen LogP contribution in [0.5, 0.6) is 0 Å². The number of halogens is 2. The quantitative estimate of drug-likeness (QED) is 0.772. The number of hydrogen-bond donors (Lipinski definition) is 1. The Morgan fingerprint density at radius 3 is 2.25 bits per heavy atom. The normalized spacial score (nSPS) is 15.9. The summed E-state index contributed by atoms with van der Waals surface area (Å²) < 4.78 is 34.0. The molecule has 2 nitrogen and oxygen atoms in total.